The second-order valence-corrected chi connectivity index (χ2v) is 7.59. The Bertz CT molecular complexity index is 602. The van der Waals surface area contributed by atoms with E-state index < -0.39 is 0 Å². The summed E-state index contributed by atoms with van der Waals surface area (Å²) in [7, 11) is 2.14. The molecule has 1 heterocycles. The van der Waals surface area contributed by atoms with E-state index >= 15 is 0 Å². The number of guanidine groups is 1. The molecular weight excluding hydrogens is 425 g/mol. The Labute approximate surface area is 168 Å². The van der Waals surface area contributed by atoms with Gasteiger partial charge in [-0.2, -0.15) is 0 Å². The van der Waals surface area contributed by atoms with Crippen LogP contribution in [0.2, 0.25) is 0 Å². The van der Waals surface area contributed by atoms with Crippen LogP contribution in [-0.4, -0.2) is 43.2 Å². The lowest BCUT2D eigenvalue weighted by Gasteiger charge is -2.63. The minimum Gasteiger partial charge on any atom is -0.377 e. The predicted octanol–water partition coefficient (Wildman–Crippen LogP) is 3.66. The minimum absolute atomic E-state index is 0. The molecule has 4 nitrogen and oxygen atoms in total. The normalized spacial score (nSPS) is 29.2. The van der Waals surface area contributed by atoms with E-state index in [4.69, 9.17) is 9.73 Å². The fourth-order valence-electron chi connectivity index (χ4n) is 4.95. The van der Waals surface area contributed by atoms with E-state index in [0.29, 0.717) is 23.5 Å². The molecular formula is C20H30IN3O. The monoisotopic (exact) mass is 455 g/mol. The Balaban J connectivity index is 0.00000182. The summed E-state index contributed by atoms with van der Waals surface area (Å²) in [4.78, 5) is 7.03. The van der Waals surface area contributed by atoms with Crippen molar-refractivity contribution in [2.75, 3.05) is 20.2 Å². The zero-order valence-electron chi connectivity index (χ0n) is 15.3. The highest BCUT2D eigenvalue weighted by atomic mass is 127. The summed E-state index contributed by atoms with van der Waals surface area (Å²) >= 11 is 0. The summed E-state index contributed by atoms with van der Waals surface area (Å²) < 4.78 is 6.04. The van der Waals surface area contributed by atoms with Crippen molar-refractivity contribution in [2.24, 2.45) is 16.3 Å². The lowest BCUT2D eigenvalue weighted by Crippen LogP contribution is -2.72. The van der Waals surface area contributed by atoms with Gasteiger partial charge < -0.3 is 15.0 Å². The summed E-state index contributed by atoms with van der Waals surface area (Å²) in [5, 5.41) is 3.83. The number of benzene rings is 1. The van der Waals surface area contributed by atoms with Gasteiger partial charge in [0.1, 0.15) is 0 Å². The van der Waals surface area contributed by atoms with Crippen molar-refractivity contribution in [1.29, 1.82) is 0 Å². The molecule has 3 aliphatic rings. The van der Waals surface area contributed by atoms with Crippen LogP contribution < -0.4 is 5.32 Å². The van der Waals surface area contributed by atoms with Crippen molar-refractivity contribution in [1.82, 2.24) is 10.2 Å². The Hall–Kier alpha value is -0.820. The average molecular weight is 455 g/mol. The third-order valence-corrected chi connectivity index (χ3v) is 6.25. The maximum atomic E-state index is 6.04. The molecule has 1 aromatic carbocycles. The number of nitrogens with zero attached hydrogens (tertiary/aromatic N) is 2. The molecule has 1 aliphatic heterocycles. The highest BCUT2D eigenvalue weighted by Gasteiger charge is 2.66. The van der Waals surface area contributed by atoms with Gasteiger partial charge in [-0.15, -0.1) is 24.0 Å². The van der Waals surface area contributed by atoms with E-state index in [1.54, 1.807) is 0 Å². The number of hydrogen-bond acceptors (Lipinski definition) is 2. The predicted molar refractivity (Wildman–Crippen MR) is 112 cm³/mol. The molecule has 3 atom stereocenters. The van der Waals surface area contributed by atoms with Crippen LogP contribution >= 0.6 is 24.0 Å². The minimum atomic E-state index is 0. The number of hydrogen-bond donors (Lipinski definition) is 1. The van der Waals surface area contributed by atoms with E-state index in [1.165, 1.54) is 31.2 Å². The molecule has 0 aromatic heterocycles. The van der Waals surface area contributed by atoms with E-state index in [9.17, 15) is 0 Å². The molecule has 1 spiro atoms. The number of rotatable bonds is 4. The van der Waals surface area contributed by atoms with Crippen LogP contribution in [0.4, 0.5) is 0 Å². The largest absolute Gasteiger partial charge is 0.377 e. The van der Waals surface area contributed by atoms with Crippen LogP contribution in [0.3, 0.4) is 0 Å². The van der Waals surface area contributed by atoms with Crippen LogP contribution in [0.15, 0.2) is 35.3 Å². The van der Waals surface area contributed by atoms with Crippen LogP contribution in [0, 0.1) is 11.3 Å². The molecule has 2 saturated carbocycles. The topological polar surface area (TPSA) is 36.9 Å². The molecule has 0 radical (unpaired) electrons. The highest BCUT2D eigenvalue weighted by molar-refractivity contribution is 14.0. The van der Waals surface area contributed by atoms with E-state index in [-0.39, 0.29) is 24.0 Å². The number of nitrogens with one attached hydrogen (secondary N) is 1. The van der Waals surface area contributed by atoms with Crippen molar-refractivity contribution in [3.63, 3.8) is 0 Å². The SMILES string of the molecule is CCN=C(NC1C2CCOC2C12CCC2)N(C)Cc1ccccc1.I. The number of halogens is 1. The van der Waals surface area contributed by atoms with Gasteiger partial charge in [0.2, 0.25) is 0 Å². The first-order chi connectivity index (χ1) is 11.7. The van der Waals surface area contributed by atoms with Crippen LogP contribution in [0.25, 0.3) is 0 Å². The number of aliphatic imine (C=N–C) groups is 1. The maximum absolute atomic E-state index is 6.04. The first-order valence-electron chi connectivity index (χ1n) is 9.42. The summed E-state index contributed by atoms with van der Waals surface area (Å²) in [5.41, 5.74) is 1.71. The molecule has 3 unspecified atom stereocenters. The zero-order valence-corrected chi connectivity index (χ0v) is 17.6. The molecule has 25 heavy (non-hydrogen) atoms. The van der Waals surface area contributed by atoms with Gasteiger partial charge in [0.25, 0.3) is 0 Å². The Morgan fingerprint density at radius 3 is 2.72 bits per heavy atom. The molecule has 1 aromatic rings. The molecule has 4 rings (SSSR count). The summed E-state index contributed by atoms with van der Waals surface area (Å²) in [6.07, 6.45) is 5.68. The summed E-state index contributed by atoms with van der Waals surface area (Å²) in [6, 6.07) is 11.2. The molecule has 138 valence electrons. The maximum Gasteiger partial charge on any atom is 0.194 e. The van der Waals surface area contributed by atoms with Gasteiger partial charge in [-0.25, -0.2) is 0 Å². The van der Waals surface area contributed by atoms with Crippen LogP contribution in [-0.2, 0) is 11.3 Å². The third-order valence-electron chi connectivity index (χ3n) is 6.25. The number of fused-ring (bicyclic) bond motifs is 2. The standard InChI is InChI=1S/C20H29N3O.HI/c1-3-21-19(23(2)14-15-8-5-4-6-9-15)22-17-16-10-13-24-18(16)20(17)11-7-12-20;/h4-6,8-9,16-18H,3,7,10-14H2,1-2H3,(H,21,22);1H. The van der Waals surface area contributed by atoms with Gasteiger partial charge in [-0.05, 0) is 31.7 Å². The van der Waals surface area contributed by atoms with Gasteiger partial charge in [0.15, 0.2) is 5.96 Å². The van der Waals surface area contributed by atoms with Gasteiger partial charge in [0, 0.05) is 44.1 Å². The van der Waals surface area contributed by atoms with Crippen LogP contribution in [0.5, 0.6) is 0 Å². The lowest BCUT2D eigenvalue weighted by atomic mass is 9.46. The lowest BCUT2D eigenvalue weighted by molar-refractivity contribution is -0.171. The van der Waals surface area contributed by atoms with E-state index in [1.807, 2.05) is 0 Å². The molecule has 2 aliphatic carbocycles. The second kappa shape index (κ2) is 7.82. The third kappa shape index (κ3) is 3.29. The van der Waals surface area contributed by atoms with Crippen LogP contribution in [0.1, 0.15) is 38.2 Å². The Morgan fingerprint density at radius 2 is 2.08 bits per heavy atom. The van der Waals surface area contributed by atoms with Gasteiger partial charge in [-0.1, -0.05) is 36.8 Å². The Kier molecular flexibility index (Phi) is 5.93. The molecule has 1 N–H and O–H groups in total. The van der Waals surface area contributed by atoms with Crippen molar-refractivity contribution < 1.29 is 4.74 Å². The first-order valence-corrected chi connectivity index (χ1v) is 9.42. The smallest absolute Gasteiger partial charge is 0.194 e. The van der Waals surface area contributed by atoms with Gasteiger partial charge >= 0.3 is 0 Å². The van der Waals surface area contributed by atoms with Crippen molar-refractivity contribution in [3.05, 3.63) is 35.9 Å². The van der Waals surface area contributed by atoms with Crippen molar-refractivity contribution in [3.8, 4) is 0 Å². The zero-order chi connectivity index (χ0) is 16.6. The molecule has 3 fully saturated rings. The van der Waals surface area contributed by atoms with Crippen molar-refractivity contribution in [2.45, 2.75) is 51.3 Å². The quantitative estimate of drug-likeness (QED) is 0.428. The van der Waals surface area contributed by atoms with E-state index in [2.05, 4.69) is 54.5 Å². The summed E-state index contributed by atoms with van der Waals surface area (Å²) in [6.45, 7) is 4.75. The highest BCUT2D eigenvalue weighted by Crippen LogP contribution is 2.62. The second-order valence-electron chi connectivity index (χ2n) is 7.59. The fourth-order valence-corrected chi connectivity index (χ4v) is 4.95. The molecule has 1 saturated heterocycles. The fraction of sp³-hybridized carbons (Fsp3) is 0.650. The molecule has 5 heteroatoms. The Morgan fingerprint density at radius 1 is 1.32 bits per heavy atom. The van der Waals surface area contributed by atoms with Crippen molar-refractivity contribution >= 4 is 29.9 Å². The van der Waals surface area contributed by atoms with Gasteiger partial charge in [0.05, 0.1) is 6.10 Å². The molecule has 0 bridgehead atoms. The number of ether oxygens (including phenoxy) is 1. The van der Waals surface area contributed by atoms with E-state index in [0.717, 1.165) is 25.7 Å². The average Bonchev–Trinajstić information content (AvgIpc) is 2.96. The first kappa shape index (κ1) is 19.0. The molecule has 0 amide bonds. The van der Waals surface area contributed by atoms with Gasteiger partial charge in [-0.3, -0.25) is 4.99 Å². The summed E-state index contributed by atoms with van der Waals surface area (Å²) in [5.74, 6) is 1.72.